The third-order valence-electron chi connectivity index (χ3n) is 6.14. The first-order valence-electron chi connectivity index (χ1n) is 11.3. The van der Waals surface area contributed by atoms with E-state index in [1.165, 1.54) is 12.1 Å². The molecule has 3 aromatic carbocycles. The van der Waals surface area contributed by atoms with Crippen molar-refractivity contribution >= 4 is 29.0 Å². The Morgan fingerprint density at radius 3 is 2.40 bits per heavy atom. The van der Waals surface area contributed by atoms with Gasteiger partial charge in [0.1, 0.15) is 23.2 Å². The summed E-state index contributed by atoms with van der Waals surface area (Å²) in [4.78, 5) is 19.5. The number of nitrogens with one attached hydrogen (secondary N) is 1. The topological polar surface area (TPSA) is 70.4 Å². The number of nitrogens with zero attached hydrogens (tertiary/aromatic N) is 3. The lowest BCUT2D eigenvalue weighted by Crippen LogP contribution is -2.41. The van der Waals surface area contributed by atoms with Gasteiger partial charge in [-0.05, 0) is 61.0 Å². The number of amides is 1. The molecule has 2 N–H and O–H groups in total. The van der Waals surface area contributed by atoms with Crippen molar-refractivity contribution in [3.05, 3.63) is 101 Å². The third-order valence-corrected chi connectivity index (χ3v) is 6.39. The van der Waals surface area contributed by atoms with Crippen molar-refractivity contribution in [2.24, 2.45) is 0 Å². The van der Waals surface area contributed by atoms with Crippen LogP contribution in [-0.4, -0.2) is 32.0 Å². The molecule has 6 nitrogen and oxygen atoms in total. The summed E-state index contributed by atoms with van der Waals surface area (Å²) in [6.07, 6.45) is -1.28. The number of fused-ring (bicyclic) bond motifs is 1. The zero-order valence-electron chi connectivity index (χ0n) is 19.1. The number of imidazole rings is 1. The Morgan fingerprint density at radius 2 is 1.71 bits per heavy atom. The van der Waals surface area contributed by atoms with E-state index >= 15 is 0 Å². The minimum absolute atomic E-state index is 0.243. The van der Waals surface area contributed by atoms with Crippen molar-refractivity contribution in [2.75, 3.05) is 11.9 Å². The van der Waals surface area contributed by atoms with E-state index in [4.69, 9.17) is 16.6 Å². The number of aryl methyl sites for hydroxylation is 1. The van der Waals surface area contributed by atoms with E-state index in [0.717, 1.165) is 22.6 Å². The lowest BCUT2D eigenvalue weighted by Gasteiger charge is -2.30. The highest BCUT2D eigenvalue weighted by molar-refractivity contribution is 6.30. The monoisotopic (exact) mass is 490 g/mol. The SMILES string of the molecule is Cc1ccc(Nc2c(-c3ccc(F)cc3)nc3n2CCN(C(=O)C(O)c2ccc(Cl)cc2)C3)cc1. The number of anilines is 2. The van der Waals surface area contributed by atoms with Gasteiger partial charge in [-0.1, -0.05) is 41.4 Å². The summed E-state index contributed by atoms with van der Waals surface area (Å²) in [5, 5.41) is 14.6. The molecule has 0 saturated heterocycles. The number of carbonyl (C=O) groups is 1. The smallest absolute Gasteiger partial charge is 0.256 e. The molecule has 0 fully saturated rings. The van der Waals surface area contributed by atoms with Crippen LogP contribution in [0.15, 0.2) is 72.8 Å². The van der Waals surface area contributed by atoms with Gasteiger partial charge in [0.2, 0.25) is 0 Å². The van der Waals surface area contributed by atoms with Crippen LogP contribution < -0.4 is 5.32 Å². The number of aliphatic hydroxyl groups is 1. The molecule has 1 unspecified atom stereocenters. The molecule has 1 aliphatic heterocycles. The van der Waals surface area contributed by atoms with Crippen LogP contribution in [0.25, 0.3) is 11.3 Å². The first-order chi connectivity index (χ1) is 16.9. The van der Waals surface area contributed by atoms with Gasteiger partial charge < -0.3 is 19.9 Å². The van der Waals surface area contributed by atoms with E-state index in [0.29, 0.717) is 35.2 Å². The van der Waals surface area contributed by atoms with Gasteiger partial charge in [-0.2, -0.15) is 0 Å². The third kappa shape index (κ3) is 4.78. The van der Waals surface area contributed by atoms with E-state index in [2.05, 4.69) is 5.32 Å². The van der Waals surface area contributed by atoms with Gasteiger partial charge in [-0.15, -0.1) is 0 Å². The maximum absolute atomic E-state index is 13.6. The van der Waals surface area contributed by atoms with Gasteiger partial charge in [0.25, 0.3) is 5.91 Å². The number of carbonyl (C=O) groups excluding carboxylic acids is 1. The predicted octanol–water partition coefficient (Wildman–Crippen LogP) is 5.47. The van der Waals surface area contributed by atoms with Gasteiger partial charge in [0, 0.05) is 29.4 Å². The minimum atomic E-state index is -1.28. The fraction of sp³-hybridized carbons (Fsp3) is 0.185. The molecule has 0 spiro atoms. The van der Waals surface area contributed by atoms with Crippen molar-refractivity contribution in [1.29, 1.82) is 0 Å². The standard InChI is InChI=1S/C27H24ClFN4O2/c1-17-2-12-22(13-3-17)30-26-24(18-6-10-21(29)11-7-18)31-23-16-32(14-15-33(23)26)27(35)25(34)19-4-8-20(28)9-5-19/h2-13,25,30,34H,14-16H2,1H3. The number of halogens is 2. The van der Waals surface area contributed by atoms with Crippen LogP contribution in [-0.2, 0) is 17.9 Å². The van der Waals surface area contributed by atoms with Crippen LogP contribution in [0.2, 0.25) is 5.02 Å². The molecule has 1 atom stereocenters. The van der Waals surface area contributed by atoms with E-state index in [-0.39, 0.29) is 12.4 Å². The molecule has 0 bridgehead atoms. The molecule has 2 heterocycles. The second-order valence-electron chi connectivity index (χ2n) is 8.59. The molecule has 0 aliphatic carbocycles. The van der Waals surface area contributed by atoms with E-state index in [9.17, 15) is 14.3 Å². The van der Waals surface area contributed by atoms with Gasteiger partial charge in [0.05, 0.1) is 6.54 Å². The summed E-state index contributed by atoms with van der Waals surface area (Å²) in [6.45, 7) is 3.18. The average molecular weight is 491 g/mol. The minimum Gasteiger partial charge on any atom is -0.378 e. The molecule has 35 heavy (non-hydrogen) atoms. The molecule has 0 radical (unpaired) electrons. The molecule has 4 aromatic rings. The summed E-state index contributed by atoms with van der Waals surface area (Å²) >= 11 is 5.93. The molecule has 1 amide bonds. The Bertz CT molecular complexity index is 1350. The molecule has 5 rings (SSSR count). The molecule has 1 aromatic heterocycles. The number of benzene rings is 3. The van der Waals surface area contributed by atoms with Gasteiger partial charge in [-0.3, -0.25) is 4.79 Å². The fourth-order valence-electron chi connectivity index (χ4n) is 4.19. The highest BCUT2D eigenvalue weighted by Crippen LogP contribution is 2.34. The maximum Gasteiger partial charge on any atom is 0.256 e. The first-order valence-corrected chi connectivity index (χ1v) is 11.7. The zero-order chi connectivity index (χ0) is 24.5. The normalized spacial score (nSPS) is 13.9. The van der Waals surface area contributed by atoms with E-state index in [1.54, 1.807) is 41.3 Å². The van der Waals surface area contributed by atoms with Crippen LogP contribution in [0, 0.1) is 12.7 Å². The van der Waals surface area contributed by atoms with Crippen molar-refractivity contribution in [1.82, 2.24) is 14.5 Å². The quantitative estimate of drug-likeness (QED) is 0.389. The molecule has 8 heteroatoms. The number of hydrogen-bond donors (Lipinski definition) is 2. The van der Waals surface area contributed by atoms with Gasteiger partial charge >= 0.3 is 0 Å². The Labute approximate surface area is 207 Å². The Kier molecular flexibility index (Phi) is 6.28. The van der Waals surface area contributed by atoms with Crippen LogP contribution in [0.4, 0.5) is 15.9 Å². The summed E-state index contributed by atoms with van der Waals surface area (Å²) in [5.41, 5.74) is 3.98. The van der Waals surface area contributed by atoms with Crippen LogP contribution in [0.3, 0.4) is 0 Å². The molecule has 0 saturated carbocycles. The maximum atomic E-state index is 13.6. The van der Waals surface area contributed by atoms with Crippen molar-refractivity contribution in [3.8, 4) is 11.3 Å². The number of rotatable bonds is 5. The molecular formula is C27H24ClFN4O2. The molecule has 178 valence electrons. The number of aromatic nitrogens is 2. The van der Waals surface area contributed by atoms with Crippen LogP contribution in [0.1, 0.15) is 23.1 Å². The van der Waals surface area contributed by atoms with E-state index < -0.39 is 12.0 Å². The molecular weight excluding hydrogens is 467 g/mol. The lowest BCUT2D eigenvalue weighted by molar-refractivity contribution is -0.142. The lowest BCUT2D eigenvalue weighted by atomic mass is 10.1. The zero-order valence-corrected chi connectivity index (χ0v) is 19.8. The summed E-state index contributed by atoms with van der Waals surface area (Å²) in [7, 11) is 0. The summed E-state index contributed by atoms with van der Waals surface area (Å²) < 4.78 is 15.6. The summed E-state index contributed by atoms with van der Waals surface area (Å²) in [5.74, 6) is 0.749. The van der Waals surface area contributed by atoms with Crippen LogP contribution in [0.5, 0.6) is 0 Å². The van der Waals surface area contributed by atoms with Gasteiger partial charge in [0.15, 0.2) is 6.10 Å². The second kappa shape index (κ2) is 9.52. The van der Waals surface area contributed by atoms with Crippen LogP contribution >= 0.6 is 11.6 Å². The van der Waals surface area contributed by atoms with Crippen molar-refractivity contribution in [2.45, 2.75) is 26.1 Å². The fourth-order valence-corrected chi connectivity index (χ4v) is 4.32. The number of aliphatic hydroxyl groups excluding tert-OH is 1. The second-order valence-corrected chi connectivity index (χ2v) is 9.03. The predicted molar refractivity (Wildman–Crippen MR) is 134 cm³/mol. The van der Waals surface area contributed by atoms with Crippen molar-refractivity contribution in [3.63, 3.8) is 0 Å². The van der Waals surface area contributed by atoms with Gasteiger partial charge in [-0.25, -0.2) is 9.37 Å². The number of hydrogen-bond acceptors (Lipinski definition) is 4. The average Bonchev–Trinajstić information content (AvgIpc) is 3.23. The Morgan fingerprint density at radius 1 is 1.03 bits per heavy atom. The first kappa shape index (κ1) is 23.1. The Balaban J connectivity index is 1.46. The largest absolute Gasteiger partial charge is 0.378 e. The highest BCUT2D eigenvalue weighted by atomic mass is 35.5. The highest BCUT2D eigenvalue weighted by Gasteiger charge is 2.30. The van der Waals surface area contributed by atoms with E-state index in [1.807, 2.05) is 35.8 Å². The van der Waals surface area contributed by atoms with Crippen molar-refractivity contribution < 1.29 is 14.3 Å². The Hall–Kier alpha value is -3.68. The molecule has 1 aliphatic rings. The summed E-state index contributed by atoms with van der Waals surface area (Å²) in [6, 6.07) is 20.8.